The van der Waals surface area contributed by atoms with Crippen molar-refractivity contribution in [2.75, 3.05) is 19.0 Å². The molecule has 0 aromatic carbocycles. The van der Waals surface area contributed by atoms with Crippen LogP contribution in [0.5, 0.6) is 5.88 Å². The summed E-state index contributed by atoms with van der Waals surface area (Å²) in [6, 6.07) is 5.26. The second-order valence-electron chi connectivity index (χ2n) is 3.67. The van der Waals surface area contributed by atoms with Gasteiger partial charge in [0.1, 0.15) is 18.1 Å². The van der Waals surface area contributed by atoms with E-state index in [4.69, 9.17) is 21.6 Å². The molecule has 0 radical (unpaired) electrons. The van der Waals surface area contributed by atoms with Crippen LogP contribution >= 0.6 is 11.6 Å². The van der Waals surface area contributed by atoms with Gasteiger partial charge in [-0.2, -0.15) is 5.26 Å². The van der Waals surface area contributed by atoms with Crippen LogP contribution in [0.25, 0.3) is 0 Å². The van der Waals surface area contributed by atoms with E-state index in [2.05, 4.69) is 4.98 Å². The summed E-state index contributed by atoms with van der Waals surface area (Å²) in [6.45, 7) is 1.07. The molecule has 88 valence electrons. The number of pyridine rings is 1. The van der Waals surface area contributed by atoms with Crippen LogP contribution in [0.15, 0.2) is 18.3 Å². The average molecular weight is 252 g/mol. The van der Waals surface area contributed by atoms with Gasteiger partial charge < -0.3 is 9.64 Å². The van der Waals surface area contributed by atoms with Gasteiger partial charge in [0.25, 0.3) is 0 Å². The molecular formula is C11H10ClN3O2. The highest BCUT2D eigenvalue weighted by Gasteiger charge is 2.31. The molecule has 0 spiro atoms. The lowest BCUT2D eigenvalue weighted by Gasteiger charge is -2.38. The van der Waals surface area contributed by atoms with Gasteiger partial charge in [0.15, 0.2) is 0 Å². The minimum absolute atomic E-state index is 0.00182. The third-order valence-electron chi connectivity index (χ3n) is 2.47. The zero-order chi connectivity index (χ0) is 12.3. The van der Waals surface area contributed by atoms with Crippen molar-refractivity contribution >= 4 is 17.5 Å². The Bertz CT molecular complexity index is 449. The summed E-state index contributed by atoms with van der Waals surface area (Å²) >= 11 is 5.43. The molecule has 1 aromatic heterocycles. The number of amides is 1. The van der Waals surface area contributed by atoms with E-state index in [-0.39, 0.29) is 17.9 Å². The van der Waals surface area contributed by atoms with Crippen molar-refractivity contribution in [3.63, 3.8) is 0 Å². The second-order valence-corrected chi connectivity index (χ2v) is 3.94. The first-order valence-electron chi connectivity index (χ1n) is 5.09. The molecule has 0 unspecified atom stereocenters. The van der Waals surface area contributed by atoms with Crippen molar-refractivity contribution in [2.24, 2.45) is 0 Å². The Balaban J connectivity index is 1.84. The minimum atomic E-state index is -0.0840. The zero-order valence-corrected chi connectivity index (χ0v) is 9.72. The summed E-state index contributed by atoms with van der Waals surface area (Å²) in [5.74, 6) is 0.383. The van der Waals surface area contributed by atoms with Gasteiger partial charge in [0.2, 0.25) is 11.8 Å². The van der Waals surface area contributed by atoms with E-state index in [0.29, 0.717) is 24.5 Å². The van der Waals surface area contributed by atoms with Crippen LogP contribution in [0.2, 0.25) is 0 Å². The van der Waals surface area contributed by atoms with Gasteiger partial charge in [-0.25, -0.2) is 4.98 Å². The molecule has 1 aliphatic rings. The fourth-order valence-corrected chi connectivity index (χ4v) is 1.66. The summed E-state index contributed by atoms with van der Waals surface area (Å²) in [5, 5.41) is 8.60. The molecule has 1 fully saturated rings. The lowest BCUT2D eigenvalue weighted by Crippen LogP contribution is -2.56. The van der Waals surface area contributed by atoms with Gasteiger partial charge in [-0.15, -0.1) is 11.6 Å². The van der Waals surface area contributed by atoms with E-state index in [1.54, 1.807) is 17.0 Å². The lowest BCUT2D eigenvalue weighted by molar-refractivity contribution is -0.137. The Morgan fingerprint density at radius 2 is 2.41 bits per heavy atom. The molecule has 17 heavy (non-hydrogen) atoms. The van der Waals surface area contributed by atoms with E-state index in [1.165, 1.54) is 6.20 Å². The maximum atomic E-state index is 11.2. The number of carbonyl (C=O) groups excluding carboxylic acids is 1. The van der Waals surface area contributed by atoms with E-state index >= 15 is 0 Å². The van der Waals surface area contributed by atoms with Crippen molar-refractivity contribution in [1.29, 1.82) is 5.26 Å². The predicted molar refractivity (Wildman–Crippen MR) is 60.7 cm³/mol. The lowest BCUT2D eigenvalue weighted by atomic mass is 10.1. The van der Waals surface area contributed by atoms with Gasteiger partial charge in [-0.1, -0.05) is 0 Å². The van der Waals surface area contributed by atoms with Crippen LogP contribution in [0.4, 0.5) is 0 Å². The quantitative estimate of drug-likeness (QED) is 0.745. The molecule has 2 rings (SSSR count). The predicted octanol–water partition coefficient (Wildman–Crippen LogP) is 0.782. The van der Waals surface area contributed by atoms with Crippen LogP contribution < -0.4 is 4.74 Å². The largest absolute Gasteiger partial charge is 0.471 e. The maximum absolute atomic E-state index is 11.2. The summed E-state index contributed by atoms with van der Waals surface area (Å²) in [6.07, 6.45) is 1.41. The van der Waals surface area contributed by atoms with Crippen molar-refractivity contribution < 1.29 is 9.53 Å². The second kappa shape index (κ2) is 5.02. The van der Waals surface area contributed by atoms with Crippen molar-refractivity contribution in [1.82, 2.24) is 9.88 Å². The number of carbonyl (C=O) groups is 1. The third kappa shape index (κ3) is 2.66. The van der Waals surface area contributed by atoms with Crippen LogP contribution in [-0.2, 0) is 4.79 Å². The fraction of sp³-hybridized carbons (Fsp3) is 0.364. The first-order chi connectivity index (χ1) is 8.22. The maximum Gasteiger partial charge on any atom is 0.237 e. The Hall–Kier alpha value is -1.80. The Morgan fingerprint density at radius 1 is 1.65 bits per heavy atom. The van der Waals surface area contributed by atoms with Crippen molar-refractivity contribution in [3.05, 3.63) is 23.9 Å². The van der Waals surface area contributed by atoms with E-state index < -0.39 is 0 Å². The molecule has 0 saturated carbocycles. The monoisotopic (exact) mass is 251 g/mol. The topological polar surface area (TPSA) is 66.2 Å². The van der Waals surface area contributed by atoms with Crippen LogP contribution in [0.3, 0.4) is 0 Å². The molecule has 0 atom stereocenters. The number of halogens is 1. The summed E-state index contributed by atoms with van der Waals surface area (Å²) in [7, 11) is 0. The molecule has 1 amide bonds. The number of hydrogen-bond donors (Lipinski definition) is 0. The SMILES string of the molecule is N#Cc1ccc(OC2CN(C(=O)CCl)C2)nc1. The Morgan fingerprint density at radius 3 is 2.94 bits per heavy atom. The van der Waals surface area contributed by atoms with E-state index in [1.807, 2.05) is 6.07 Å². The molecule has 0 aliphatic carbocycles. The molecule has 1 saturated heterocycles. The third-order valence-corrected chi connectivity index (χ3v) is 2.70. The minimum Gasteiger partial charge on any atom is -0.471 e. The first kappa shape index (κ1) is 11.7. The number of rotatable bonds is 3. The molecule has 6 heteroatoms. The van der Waals surface area contributed by atoms with Crippen molar-refractivity contribution in [2.45, 2.75) is 6.10 Å². The molecule has 0 bridgehead atoms. The Labute approximate surface area is 104 Å². The van der Waals surface area contributed by atoms with Crippen molar-refractivity contribution in [3.8, 4) is 11.9 Å². The molecule has 5 nitrogen and oxygen atoms in total. The molecule has 1 aliphatic heterocycles. The highest BCUT2D eigenvalue weighted by molar-refractivity contribution is 6.27. The van der Waals surface area contributed by atoms with Crippen LogP contribution in [0, 0.1) is 11.3 Å². The molecular weight excluding hydrogens is 242 g/mol. The normalized spacial score (nSPS) is 14.9. The molecule has 1 aromatic rings. The van der Waals surface area contributed by atoms with Crippen LogP contribution in [-0.4, -0.2) is 40.9 Å². The first-order valence-corrected chi connectivity index (χ1v) is 5.63. The number of hydrogen-bond acceptors (Lipinski definition) is 4. The summed E-state index contributed by atoms with van der Waals surface area (Å²) in [4.78, 5) is 16.8. The number of aromatic nitrogens is 1. The fourth-order valence-electron chi connectivity index (χ4n) is 1.49. The number of likely N-dealkylation sites (tertiary alicyclic amines) is 1. The Kier molecular flexibility index (Phi) is 3.45. The van der Waals surface area contributed by atoms with Gasteiger partial charge in [0, 0.05) is 12.3 Å². The number of nitriles is 1. The summed E-state index contributed by atoms with van der Waals surface area (Å²) < 4.78 is 5.52. The number of alkyl halides is 1. The van der Waals surface area contributed by atoms with Crippen LogP contribution in [0.1, 0.15) is 5.56 Å². The number of nitrogens with zero attached hydrogens (tertiary/aromatic N) is 3. The molecule has 0 N–H and O–H groups in total. The highest BCUT2D eigenvalue weighted by atomic mass is 35.5. The smallest absolute Gasteiger partial charge is 0.237 e. The number of ether oxygens (including phenoxy) is 1. The van der Waals surface area contributed by atoms with E-state index in [0.717, 1.165) is 0 Å². The molecule has 2 heterocycles. The zero-order valence-electron chi connectivity index (χ0n) is 8.97. The standard InChI is InChI=1S/C11H10ClN3O2/c12-3-11(16)15-6-9(7-15)17-10-2-1-8(4-13)5-14-10/h1-2,5,9H,3,6-7H2. The van der Waals surface area contributed by atoms with Gasteiger partial charge in [0.05, 0.1) is 18.7 Å². The van der Waals surface area contributed by atoms with Gasteiger partial charge >= 0.3 is 0 Å². The highest BCUT2D eigenvalue weighted by Crippen LogP contribution is 2.16. The average Bonchev–Trinajstić information content (AvgIpc) is 2.33. The van der Waals surface area contributed by atoms with Gasteiger partial charge in [-0.05, 0) is 6.07 Å². The van der Waals surface area contributed by atoms with Gasteiger partial charge in [-0.3, -0.25) is 4.79 Å². The summed E-state index contributed by atoms with van der Waals surface area (Å²) in [5.41, 5.74) is 0.491. The van der Waals surface area contributed by atoms with E-state index in [9.17, 15) is 4.79 Å².